The van der Waals surface area contributed by atoms with Crippen molar-refractivity contribution < 1.29 is 75.6 Å². The maximum atomic E-state index is 14.4. The summed E-state index contributed by atoms with van der Waals surface area (Å²) in [6.07, 6.45) is 4.03. The first-order valence-corrected chi connectivity index (χ1v) is 34.7. The Morgan fingerprint density at radius 3 is 1.57 bits per heavy atom. The molecule has 14 aromatic rings. The standard InChI is InChI=1S/C43H38N2.C19H12N.C18H15FN.C15H12O2.2Ir.Pt/c1-41(2,3)31-25-21-29(22-26-31)37-17-11-19-39(44-37)43(35-15-9-7-13-33(35)34-14-8-10-16-36(34)43)40-20-12-18-38(45-40)30-23-27-32(28-24-30)42(4,5)6;1-2-7-15-13-18-16(12-14(15)6-1)8-5-9-17(18)19-10-3-4-11-20-19;1-18(2)13-7-3-5-11-9-10-20-17(15(11)13)12-6-4-8-14(19)16(12)18;16-14(12-7-3-1-4-8-12)11-15(17)13-9-5-2-6-10-13;;;/h7-21,23,25-28H,1-6H3;1-8,10-13H;3-5,7-8H,9-10H2,1-2H3;1-11,16H;;;/q-2;2*-1;;;;+2. The van der Waals surface area contributed by atoms with Gasteiger partial charge in [-0.15, -0.1) is 124 Å². The first-order chi connectivity index (χ1) is 49.4. The number of pyridine rings is 3. The van der Waals surface area contributed by atoms with Crippen LogP contribution < -0.4 is 0 Å². The van der Waals surface area contributed by atoms with Crippen molar-refractivity contribution >= 4 is 38.8 Å². The van der Waals surface area contributed by atoms with E-state index < -0.39 is 5.41 Å². The predicted octanol–water partition coefficient (Wildman–Crippen LogP) is 22.3. The molecule has 6 nitrogen and oxygen atoms in total. The van der Waals surface area contributed by atoms with E-state index in [0.717, 1.165) is 75.0 Å². The molecule has 0 saturated carbocycles. The molecule has 3 aromatic heterocycles. The van der Waals surface area contributed by atoms with Crippen molar-refractivity contribution in [2.24, 2.45) is 4.99 Å². The third kappa shape index (κ3) is 15.5. The number of halogens is 1. The van der Waals surface area contributed by atoms with Gasteiger partial charge in [-0.25, -0.2) is 4.39 Å². The molecule has 3 aliphatic rings. The van der Waals surface area contributed by atoms with Gasteiger partial charge >= 0.3 is 21.1 Å². The molecule has 1 N–H and O–H groups in total. The molecule has 1 aliphatic heterocycles. The molecule has 0 atom stereocenters. The molecule has 17 rings (SSSR count). The second-order valence-electron chi connectivity index (χ2n) is 28.6. The Morgan fingerprint density at radius 2 is 1.01 bits per heavy atom. The molecule has 0 spiro atoms. The van der Waals surface area contributed by atoms with Gasteiger partial charge in [-0.05, 0) is 113 Å². The fraction of sp³-hybridized carbons (Fsp3) is 0.147. The number of fused-ring (bicyclic) bond motifs is 7. The molecule has 0 saturated heterocycles. The molecular weight excluding hydrogens is 1830 g/mol. The summed E-state index contributed by atoms with van der Waals surface area (Å²) in [5, 5.41) is 14.7. The van der Waals surface area contributed by atoms with E-state index in [1.54, 1.807) is 42.5 Å². The number of hydrogen-bond donors (Lipinski definition) is 1. The van der Waals surface area contributed by atoms with Crippen LogP contribution in [0.2, 0.25) is 0 Å². The van der Waals surface area contributed by atoms with Gasteiger partial charge in [0.05, 0.1) is 11.4 Å². The van der Waals surface area contributed by atoms with E-state index in [1.807, 2.05) is 54.7 Å². The summed E-state index contributed by atoms with van der Waals surface area (Å²) in [7, 11) is 0. The first kappa shape index (κ1) is 76.3. The average molecular weight is 1910 g/mol. The summed E-state index contributed by atoms with van der Waals surface area (Å²) in [6, 6.07) is 107. The molecule has 2 aliphatic carbocycles. The Kier molecular flexibility index (Phi) is 23.5. The van der Waals surface area contributed by atoms with Crippen molar-refractivity contribution in [3.63, 3.8) is 0 Å². The molecule has 10 heteroatoms. The van der Waals surface area contributed by atoms with Gasteiger partial charge in [-0.3, -0.25) is 14.8 Å². The fourth-order valence-corrected chi connectivity index (χ4v) is 14.3. The molecule has 2 radical (unpaired) electrons. The summed E-state index contributed by atoms with van der Waals surface area (Å²) >= 11 is 0. The van der Waals surface area contributed by atoms with E-state index >= 15 is 0 Å². The van der Waals surface area contributed by atoms with Crippen molar-refractivity contribution in [1.29, 1.82) is 0 Å². The minimum absolute atomic E-state index is 0. The number of hydrogen-bond acceptors (Lipinski definition) is 6. The summed E-state index contributed by atoms with van der Waals surface area (Å²) < 4.78 is 14.4. The second-order valence-corrected chi connectivity index (χ2v) is 28.6. The van der Waals surface area contributed by atoms with Crippen LogP contribution in [0.25, 0.3) is 72.2 Å². The molecule has 0 fully saturated rings. The fourth-order valence-electron chi connectivity index (χ4n) is 14.3. The molecule has 105 heavy (non-hydrogen) atoms. The van der Waals surface area contributed by atoms with Gasteiger partial charge in [0.1, 0.15) is 11.2 Å². The molecular formula is C95H77FIr2N4O2Pt-2. The number of rotatable bonds is 8. The monoisotopic (exact) mass is 1910 g/mol. The molecule has 0 unspecified atom stereocenters. The van der Waals surface area contributed by atoms with Crippen LogP contribution in [0.4, 0.5) is 4.39 Å². The number of aromatic nitrogens is 3. The number of carbonyl (C=O) groups excluding carboxylic acids is 1. The summed E-state index contributed by atoms with van der Waals surface area (Å²) in [4.78, 5) is 31.8. The third-order valence-corrected chi connectivity index (χ3v) is 19.6. The van der Waals surface area contributed by atoms with Crippen molar-refractivity contribution in [3.8, 4) is 44.9 Å². The predicted molar refractivity (Wildman–Crippen MR) is 415 cm³/mol. The molecule has 0 bridgehead atoms. The number of carbonyl (C=O) groups is 1. The van der Waals surface area contributed by atoms with Crippen molar-refractivity contribution in [2.75, 3.05) is 6.54 Å². The number of aliphatic hydroxyl groups is 1. The number of nitrogens with zero attached hydrogens (tertiary/aromatic N) is 4. The topological polar surface area (TPSA) is 88.3 Å². The zero-order chi connectivity index (χ0) is 70.8. The summed E-state index contributed by atoms with van der Waals surface area (Å²) in [5.41, 5.74) is 21.5. The smallest absolute Gasteiger partial charge is 0.507 e. The van der Waals surface area contributed by atoms with Crippen LogP contribution in [0, 0.1) is 30.1 Å². The van der Waals surface area contributed by atoms with Gasteiger partial charge in [-0.1, -0.05) is 267 Å². The summed E-state index contributed by atoms with van der Waals surface area (Å²) in [5.74, 6) is -0.375. The maximum Gasteiger partial charge on any atom is 2.00 e. The van der Waals surface area contributed by atoms with E-state index in [0.29, 0.717) is 11.1 Å². The molecule has 4 heterocycles. The maximum absolute atomic E-state index is 14.4. The normalized spacial score (nSPS) is 13.2. The minimum atomic E-state index is -0.699. The number of allylic oxidation sites excluding steroid dienone is 1. The zero-order valence-electron chi connectivity index (χ0n) is 59.6. The van der Waals surface area contributed by atoms with Crippen LogP contribution in [-0.4, -0.2) is 38.1 Å². The minimum Gasteiger partial charge on any atom is -0.507 e. The average Bonchev–Trinajstić information content (AvgIpc) is 1.57. The van der Waals surface area contributed by atoms with Crippen LogP contribution >= 0.6 is 0 Å². The van der Waals surface area contributed by atoms with Gasteiger partial charge in [-0.2, -0.15) is 0 Å². The van der Waals surface area contributed by atoms with Crippen molar-refractivity contribution in [1.82, 2.24) is 15.0 Å². The Labute approximate surface area is 657 Å². The quantitative estimate of drug-likeness (QED) is 0.0538. The largest absolute Gasteiger partial charge is 2.00 e. The van der Waals surface area contributed by atoms with Gasteiger partial charge < -0.3 is 15.1 Å². The summed E-state index contributed by atoms with van der Waals surface area (Å²) in [6.45, 7) is 18.3. The van der Waals surface area contributed by atoms with Crippen molar-refractivity contribution in [2.45, 2.75) is 83.5 Å². The first-order valence-electron chi connectivity index (χ1n) is 34.7. The van der Waals surface area contributed by atoms with E-state index in [1.165, 1.54) is 83.8 Å². The van der Waals surface area contributed by atoms with Gasteiger partial charge in [0.15, 0.2) is 5.78 Å². The van der Waals surface area contributed by atoms with Crippen LogP contribution in [0.5, 0.6) is 0 Å². The number of ketones is 1. The van der Waals surface area contributed by atoms with Crippen LogP contribution in [0.15, 0.2) is 296 Å². The van der Waals surface area contributed by atoms with Crippen LogP contribution in [0.1, 0.15) is 133 Å². The number of aliphatic imine (C=N–C) groups is 1. The van der Waals surface area contributed by atoms with E-state index in [9.17, 15) is 14.3 Å². The van der Waals surface area contributed by atoms with Gasteiger partial charge in [0, 0.05) is 76.0 Å². The van der Waals surface area contributed by atoms with Crippen molar-refractivity contribution in [3.05, 3.63) is 394 Å². The second kappa shape index (κ2) is 32.3. The van der Waals surface area contributed by atoms with E-state index in [4.69, 9.17) is 9.97 Å². The molecule has 11 aromatic carbocycles. The Bertz CT molecular complexity index is 5350. The number of benzene rings is 11. The van der Waals surface area contributed by atoms with E-state index in [-0.39, 0.29) is 94.9 Å². The zero-order valence-corrected chi connectivity index (χ0v) is 66.7. The Morgan fingerprint density at radius 1 is 0.505 bits per heavy atom. The van der Waals surface area contributed by atoms with Gasteiger partial charge in [0.25, 0.3) is 0 Å². The van der Waals surface area contributed by atoms with Crippen LogP contribution in [-0.2, 0) is 89.4 Å². The molecule has 526 valence electrons. The molecule has 0 amide bonds. The third-order valence-electron chi connectivity index (χ3n) is 19.6. The van der Waals surface area contributed by atoms with E-state index in [2.05, 4.69) is 272 Å². The SMILES string of the molecule is CC(C)(C)c1c[c-]c(-c2cccc(C3(c4cccc(-c5[c-]cc(C(C)(C)C)cc5)n4)c4ccccc4-c4ccccc43)n2)cc1.CC1(C)c2cccc3c2C(=NCC3)c2[c-]ccc(F)c21.O=C(C=C(O)c1ccccc1)c1ccccc1.[Ir].[Ir].[Pt+2].[c-]1ccc2cc3ccccc3cc2c1-c1ccccn1. The van der Waals surface area contributed by atoms with Gasteiger partial charge in [0.2, 0.25) is 0 Å². The number of aliphatic hydroxyl groups excluding tert-OH is 1. The van der Waals surface area contributed by atoms with Crippen LogP contribution in [0.3, 0.4) is 0 Å². The Balaban J connectivity index is 0.000000153. The Hall–Kier alpha value is -9.81.